The molecule has 4 fully saturated rings. The highest BCUT2D eigenvalue weighted by Crippen LogP contribution is 2.72. The van der Waals surface area contributed by atoms with Crippen LogP contribution in [-0.2, 0) is 14.3 Å². The lowest BCUT2D eigenvalue weighted by Crippen LogP contribution is -2.73. The Bertz CT molecular complexity index is 721. The molecular formula is C19H26O7. The van der Waals surface area contributed by atoms with Gasteiger partial charge in [-0.1, -0.05) is 18.6 Å². The largest absolute Gasteiger partial charge is 0.456 e. The second-order valence-electron chi connectivity index (χ2n) is 9.36. The minimum atomic E-state index is -1.11. The maximum atomic E-state index is 12.7. The van der Waals surface area contributed by atoms with Gasteiger partial charge in [0.15, 0.2) is 6.10 Å². The summed E-state index contributed by atoms with van der Waals surface area (Å²) in [5.74, 6) is -1.97. The summed E-state index contributed by atoms with van der Waals surface area (Å²) in [6.07, 6.45) is -2.98. The third kappa shape index (κ3) is 1.51. The van der Waals surface area contributed by atoms with Crippen molar-refractivity contribution < 1.29 is 34.7 Å². The summed E-state index contributed by atoms with van der Waals surface area (Å²) < 4.78 is 11.5. The van der Waals surface area contributed by atoms with Crippen LogP contribution in [0.15, 0.2) is 11.6 Å². The highest BCUT2D eigenvalue weighted by atomic mass is 16.6. The molecule has 7 nitrogen and oxygen atoms in total. The number of allylic oxidation sites excluding steroid dienone is 1. The summed E-state index contributed by atoms with van der Waals surface area (Å²) in [6.45, 7) is 5.63. The fraction of sp³-hybridized carbons (Fsp3) is 0.842. The summed E-state index contributed by atoms with van der Waals surface area (Å²) in [4.78, 5) is 12.7. The van der Waals surface area contributed by atoms with Crippen molar-refractivity contribution in [2.75, 3.05) is 6.61 Å². The van der Waals surface area contributed by atoms with Crippen LogP contribution in [-0.4, -0.2) is 69.1 Å². The van der Waals surface area contributed by atoms with Crippen LogP contribution in [0, 0.1) is 28.6 Å². The highest BCUT2D eigenvalue weighted by molar-refractivity contribution is 5.80. The van der Waals surface area contributed by atoms with E-state index in [1.54, 1.807) is 13.0 Å². The van der Waals surface area contributed by atoms with Crippen LogP contribution in [0.5, 0.6) is 0 Å². The molecular weight excluding hydrogens is 340 g/mol. The topological polar surface area (TPSA) is 116 Å². The Kier molecular flexibility index (Phi) is 3.10. The Morgan fingerprint density at radius 1 is 1.19 bits per heavy atom. The van der Waals surface area contributed by atoms with Gasteiger partial charge in [0, 0.05) is 16.7 Å². The van der Waals surface area contributed by atoms with Crippen LogP contribution in [0.4, 0.5) is 0 Å². The van der Waals surface area contributed by atoms with Gasteiger partial charge >= 0.3 is 5.97 Å². The third-order valence-corrected chi connectivity index (χ3v) is 8.46. The van der Waals surface area contributed by atoms with Gasteiger partial charge in [0.1, 0.15) is 5.60 Å². The van der Waals surface area contributed by atoms with Crippen molar-refractivity contribution in [3.05, 3.63) is 11.6 Å². The molecule has 144 valence electrons. The van der Waals surface area contributed by atoms with Crippen molar-refractivity contribution >= 4 is 5.97 Å². The summed E-state index contributed by atoms with van der Waals surface area (Å²) >= 11 is 0. The SMILES string of the molecule is CC1=CC(O)C(O)C2(C)C1CC(O)C13COC4(C)C(OC(=O)C41)C(O)C23. The Morgan fingerprint density at radius 2 is 1.88 bits per heavy atom. The van der Waals surface area contributed by atoms with E-state index in [1.165, 1.54) is 0 Å². The number of aliphatic hydroxyl groups excluding tert-OH is 4. The summed E-state index contributed by atoms with van der Waals surface area (Å²) in [6, 6.07) is 0. The first kappa shape index (κ1) is 17.1. The van der Waals surface area contributed by atoms with Gasteiger partial charge < -0.3 is 29.9 Å². The second-order valence-corrected chi connectivity index (χ2v) is 9.36. The van der Waals surface area contributed by atoms with E-state index >= 15 is 0 Å². The van der Waals surface area contributed by atoms with Crippen LogP contribution in [0.25, 0.3) is 0 Å². The van der Waals surface area contributed by atoms with Crippen molar-refractivity contribution in [3.63, 3.8) is 0 Å². The number of ether oxygens (including phenoxy) is 2. The minimum absolute atomic E-state index is 0.135. The van der Waals surface area contributed by atoms with E-state index in [4.69, 9.17) is 9.47 Å². The van der Waals surface area contributed by atoms with Gasteiger partial charge in [-0.05, 0) is 26.2 Å². The first-order valence-corrected chi connectivity index (χ1v) is 9.35. The molecule has 0 aromatic carbocycles. The van der Waals surface area contributed by atoms with Gasteiger partial charge in [-0.25, -0.2) is 0 Å². The van der Waals surface area contributed by atoms with Gasteiger partial charge in [-0.2, -0.15) is 0 Å². The third-order valence-electron chi connectivity index (χ3n) is 8.46. The monoisotopic (exact) mass is 366 g/mol. The number of esters is 1. The van der Waals surface area contributed by atoms with Crippen LogP contribution in [0.2, 0.25) is 0 Å². The first-order chi connectivity index (χ1) is 12.1. The molecule has 5 rings (SSSR count). The molecule has 5 aliphatic rings. The number of carbonyl (C=O) groups excluding carboxylic acids is 1. The minimum Gasteiger partial charge on any atom is -0.456 e. The van der Waals surface area contributed by atoms with Crippen LogP contribution >= 0.6 is 0 Å². The van der Waals surface area contributed by atoms with Gasteiger partial charge in [0.25, 0.3) is 0 Å². The molecule has 0 radical (unpaired) electrons. The van der Waals surface area contributed by atoms with Crippen molar-refractivity contribution in [1.29, 1.82) is 0 Å². The molecule has 2 saturated heterocycles. The number of hydrogen-bond donors (Lipinski definition) is 4. The number of hydrogen-bond acceptors (Lipinski definition) is 7. The van der Waals surface area contributed by atoms with E-state index in [1.807, 2.05) is 13.8 Å². The van der Waals surface area contributed by atoms with Crippen LogP contribution in [0.1, 0.15) is 27.2 Å². The Morgan fingerprint density at radius 3 is 2.58 bits per heavy atom. The lowest BCUT2D eigenvalue weighted by atomic mass is 9.39. The standard InChI is InChI=1S/C19H26O7/c1-7-4-9(20)14(23)17(2)8(7)5-10(21)19-6-25-18(3)13(19)16(24)26-15(18)11(22)12(17)19/h4,8-15,20-23H,5-6H2,1-3H3. The smallest absolute Gasteiger partial charge is 0.313 e. The zero-order valence-electron chi connectivity index (χ0n) is 15.1. The van der Waals surface area contributed by atoms with Crippen molar-refractivity contribution in [1.82, 2.24) is 0 Å². The quantitative estimate of drug-likeness (QED) is 0.333. The lowest BCUT2D eigenvalue weighted by molar-refractivity contribution is -0.246. The molecule has 0 amide bonds. The molecule has 4 bridgehead atoms. The summed E-state index contributed by atoms with van der Waals surface area (Å²) in [5, 5.41) is 43.9. The Labute approximate surface area is 151 Å². The molecule has 0 aromatic rings. The fourth-order valence-corrected chi connectivity index (χ4v) is 7.43. The van der Waals surface area contributed by atoms with Crippen LogP contribution < -0.4 is 0 Å². The first-order valence-electron chi connectivity index (χ1n) is 9.35. The highest BCUT2D eigenvalue weighted by Gasteiger charge is 2.83. The Balaban J connectivity index is 1.76. The molecule has 2 saturated carbocycles. The molecule has 0 aromatic heterocycles. The van der Waals surface area contributed by atoms with E-state index in [9.17, 15) is 25.2 Å². The summed E-state index contributed by atoms with van der Waals surface area (Å²) in [5.41, 5.74) is -2.02. The number of fused-ring (bicyclic) bond motifs is 2. The number of carbonyl (C=O) groups is 1. The zero-order chi connectivity index (χ0) is 18.8. The molecule has 7 heteroatoms. The van der Waals surface area contributed by atoms with E-state index in [-0.39, 0.29) is 12.5 Å². The molecule has 3 aliphatic carbocycles. The van der Waals surface area contributed by atoms with Crippen LogP contribution in [0.3, 0.4) is 0 Å². The second kappa shape index (κ2) is 4.70. The summed E-state index contributed by atoms with van der Waals surface area (Å²) in [7, 11) is 0. The van der Waals surface area contributed by atoms with Gasteiger partial charge in [-0.3, -0.25) is 4.79 Å². The van der Waals surface area contributed by atoms with E-state index < -0.39 is 64.8 Å². The lowest BCUT2D eigenvalue weighted by Gasteiger charge is -2.64. The average Bonchev–Trinajstić information content (AvgIpc) is 2.94. The maximum absolute atomic E-state index is 12.7. The van der Waals surface area contributed by atoms with Crippen molar-refractivity contribution in [3.8, 4) is 0 Å². The van der Waals surface area contributed by atoms with E-state index in [2.05, 4.69) is 0 Å². The zero-order valence-corrected chi connectivity index (χ0v) is 15.1. The van der Waals surface area contributed by atoms with Crippen molar-refractivity contribution in [2.45, 2.75) is 63.3 Å². The van der Waals surface area contributed by atoms with Gasteiger partial charge in [0.2, 0.25) is 0 Å². The Hall–Kier alpha value is -0.990. The van der Waals surface area contributed by atoms with E-state index in [0.717, 1.165) is 5.57 Å². The van der Waals surface area contributed by atoms with Gasteiger partial charge in [-0.15, -0.1) is 0 Å². The molecule has 1 spiro atoms. The maximum Gasteiger partial charge on any atom is 0.313 e. The average molecular weight is 366 g/mol. The molecule has 4 N–H and O–H groups in total. The molecule has 11 atom stereocenters. The number of aliphatic hydroxyl groups is 4. The van der Waals surface area contributed by atoms with Gasteiger partial charge in [0.05, 0.1) is 36.9 Å². The number of rotatable bonds is 0. The molecule has 26 heavy (non-hydrogen) atoms. The molecule has 2 heterocycles. The molecule has 2 aliphatic heterocycles. The van der Waals surface area contributed by atoms with E-state index in [0.29, 0.717) is 6.42 Å². The molecule has 11 unspecified atom stereocenters. The normalized spacial score (nSPS) is 63.0. The predicted molar refractivity (Wildman–Crippen MR) is 87.6 cm³/mol. The van der Waals surface area contributed by atoms with Crippen molar-refractivity contribution in [2.24, 2.45) is 28.6 Å². The fourth-order valence-electron chi connectivity index (χ4n) is 7.43. The predicted octanol–water partition coefficient (Wildman–Crippen LogP) is -0.637.